The molecular formula is C24H21N5O2S2. The van der Waals surface area contributed by atoms with E-state index in [1.165, 1.54) is 22.9 Å². The van der Waals surface area contributed by atoms with Gasteiger partial charge in [0, 0.05) is 22.8 Å². The summed E-state index contributed by atoms with van der Waals surface area (Å²) < 4.78 is 1.63. The highest BCUT2D eigenvalue weighted by molar-refractivity contribution is 7.99. The van der Waals surface area contributed by atoms with Gasteiger partial charge in [0.2, 0.25) is 0 Å². The molecule has 0 bridgehead atoms. The predicted molar refractivity (Wildman–Crippen MR) is 133 cm³/mol. The molecule has 7 nitrogen and oxygen atoms in total. The molecule has 0 atom stereocenters. The van der Waals surface area contributed by atoms with Crippen LogP contribution in [-0.2, 0) is 17.6 Å². The fraction of sp³-hybridized carbons (Fsp3) is 0.208. The van der Waals surface area contributed by atoms with Crippen LogP contribution in [-0.4, -0.2) is 32.4 Å². The maximum atomic E-state index is 13.6. The number of carbonyl (C=O) groups excluding carboxylic acids is 1. The third-order valence-electron chi connectivity index (χ3n) is 5.39. The second-order valence-electron chi connectivity index (χ2n) is 7.63. The lowest BCUT2D eigenvalue weighted by molar-refractivity contribution is -0.118. The van der Waals surface area contributed by atoms with E-state index in [1.54, 1.807) is 34.4 Å². The first-order valence-electron chi connectivity index (χ1n) is 10.7. The van der Waals surface area contributed by atoms with E-state index in [0.29, 0.717) is 5.16 Å². The first-order chi connectivity index (χ1) is 16.2. The second kappa shape index (κ2) is 9.68. The molecule has 33 heavy (non-hydrogen) atoms. The molecule has 1 aliphatic carbocycles. The first kappa shape index (κ1) is 21.5. The minimum atomic E-state index is -0.278. The Labute approximate surface area is 198 Å². The number of para-hydroxylation sites is 1. The number of hydrazone groups is 1. The lowest BCUT2D eigenvalue weighted by atomic mass is 9.97. The van der Waals surface area contributed by atoms with Crippen LogP contribution in [0.2, 0.25) is 0 Å². The quantitative estimate of drug-likeness (QED) is 0.197. The summed E-state index contributed by atoms with van der Waals surface area (Å²) in [5.74, 6) is -0.195. The minimum absolute atomic E-state index is 0.0666. The zero-order valence-corrected chi connectivity index (χ0v) is 19.4. The number of amides is 1. The van der Waals surface area contributed by atoms with E-state index in [1.807, 2.05) is 36.4 Å². The monoisotopic (exact) mass is 475 g/mol. The molecule has 0 saturated heterocycles. The molecule has 0 unspecified atom stereocenters. The third kappa shape index (κ3) is 4.60. The molecule has 0 fully saturated rings. The minimum Gasteiger partial charge on any atom is -0.272 e. The molecule has 166 valence electrons. The Balaban J connectivity index is 1.44. The summed E-state index contributed by atoms with van der Waals surface area (Å²) in [6, 6.07) is 13.1. The number of hydrogen-bond acceptors (Lipinski definition) is 7. The Bertz CT molecular complexity index is 1380. The summed E-state index contributed by atoms with van der Waals surface area (Å²) >= 11 is 2.84. The molecule has 3 aromatic heterocycles. The molecule has 0 spiro atoms. The molecule has 5 rings (SSSR count). The summed E-state index contributed by atoms with van der Waals surface area (Å²) in [5.41, 5.74) is 5.14. The van der Waals surface area contributed by atoms with Gasteiger partial charge in [-0.05, 0) is 49.4 Å². The molecule has 4 aromatic rings. The van der Waals surface area contributed by atoms with Crippen molar-refractivity contribution in [3.63, 3.8) is 0 Å². The zero-order chi connectivity index (χ0) is 22.6. The molecule has 1 N–H and O–H groups in total. The number of nitrogens with zero attached hydrogens (tertiary/aromatic N) is 4. The highest BCUT2D eigenvalue weighted by atomic mass is 32.2. The Hall–Kier alpha value is -3.30. The molecule has 1 amide bonds. The van der Waals surface area contributed by atoms with Crippen LogP contribution in [0.25, 0.3) is 15.9 Å². The number of aryl methyl sites for hydroxylation is 2. The molecule has 0 aliphatic heterocycles. The van der Waals surface area contributed by atoms with Crippen LogP contribution < -0.4 is 11.0 Å². The summed E-state index contributed by atoms with van der Waals surface area (Å²) in [5, 5.41) is 5.21. The number of carbonyl (C=O) groups is 1. The van der Waals surface area contributed by atoms with E-state index in [0.717, 1.165) is 52.7 Å². The zero-order valence-electron chi connectivity index (χ0n) is 17.7. The van der Waals surface area contributed by atoms with Gasteiger partial charge in [0.15, 0.2) is 5.16 Å². The van der Waals surface area contributed by atoms with Crippen molar-refractivity contribution in [1.29, 1.82) is 0 Å². The first-order valence-corrected chi connectivity index (χ1v) is 12.5. The number of benzene rings is 1. The molecule has 3 heterocycles. The Morgan fingerprint density at radius 3 is 2.85 bits per heavy atom. The van der Waals surface area contributed by atoms with E-state index in [-0.39, 0.29) is 17.2 Å². The van der Waals surface area contributed by atoms with E-state index in [9.17, 15) is 9.59 Å². The van der Waals surface area contributed by atoms with Gasteiger partial charge < -0.3 is 0 Å². The van der Waals surface area contributed by atoms with Crippen LogP contribution in [0.15, 0.2) is 69.9 Å². The lowest BCUT2D eigenvalue weighted by Crippen LogP contribution is -2.24. The molecular weight excluding hydrogens is 454 g/mol. The number of fused-ring (bicyclic) bond motifs is 3. The van der Waals surface area contributed by atoms with Gasteiger partial charge in [-0.2, -0.15) is 5.10 Å². The maximum absolute atomic E-state index is 13.6. The van der Waals surface area contributed by atoms with E-state index < -0.39 is 0 Å². The number of hydrogen-bond donors (Lipinski definition) is 1. The summed E-state index contributed by atoms with van der Waals surface area (Å²) in [6.45, 7) is 0. The van der Waals surface area contributed by atoms with Gasteiger partial charge in [-0.25, -0.2) is 10.4 Å². The van der Waals surface area contributed by atoms with Gasteiger partial charge >= 0.3 is 0 Å². The van der Waals surface area contributed by atoms with Crippen molar-refractivity contribution in [2.75, 3.05) is 5.75 Å². The topological polar surface area (TPSA) is 89.2 Å². The second-order valence-corrected chi connectivity index (χ2v) is 9.66. The number of thioether (sulfide) groups is 1. The van der Waals surface area contributed by atoms with Crippen LogP contribution >= 0.6 is 23.1 Å². The van der Waals surface area contributed by atoms with Crippen LogP contribution in [0.5, 0.6) is 0 Å². The van der Waals surface area contributed by atoms with Gasteiger partial charge in [-0.3, -0.25) is 19.1 Å². The molecule has 9 heteroatoms. The van der Waals surface area contributed by atoms with Crippen LogP contribution in [0.1, 0.15) is 28.8 Å². The molecule has 1 aliphatic rings. The third-order valence-corrected chi connectivity index (χ3v) is 7.52. The van der Waals surface area contributed by atoms with Gasteiger partial charge in [0.05, 0.1) is 23.0 Å². The van der Waals surface area contributed by atoms with Crippen molar-refractivity contribution in [3.05, 3.63) is 81.2 Å². The predicted octanol–water partition coefficient (Wildman–Crippen LogP) is 3.96. The van der Waals surface area contributed by atoms with Gasteiger partial charge in [-0.1, -0.05) is 36.0 Å². The maximum Gasteiger partial charge on any atom is 0.267 e. The van der Waals surface area contributed by atoms with Crippen molar-refractivity contribution >= 4 is 45.4 Å². The molecule has 0 radical (unpaired) electrons. The van der Waals surface area contributed by atoms with Gasteiger partial charge in [0.1, 0.15) is 4.83 Å². The Kier molecular flexibility index (Phi) is 6.32. The van der Waals surface area contributed by atoms with Crippen molar-refractivity contribution < 1.29 is 4.79 Å². The lowest BCUT2D eigenvalue weighted by Gasteiger charge is -2.13. The van der Waals surface area contributed by atoms with Crippen LogP contribution in [0.4, 0.5) is 0 Å². The number of aromatic nitrogens is 3. The van der Waals surface area contributed by atoms with Crippen LogP contribution in [0.3, 0.4) is 0 Å². The number of pyridine rings is 1. The van der Waals surface area contributed by atoms with Crippen LogP contribution in [0, 0.1) is 0 Å². The summed E-state index contributed by atoms with van der Waals surface area (Å²) in [4.78, 5) is 36.9. The van der Waals surface area contributed by atoms with E-state index >= 15 is 0 Å². The van der Waals surface area contributed by atoms with E-state index in [2.05, 4.69) is 15.5 Å². The number of nitrogens with one attached hydrogen (secondary N) is 1. The fourth-order valence-corrected chi connectivity index (χ4v) is 5.99. The molecule has 1 aromatic carbocycles. The van der Waals surface area contributed by atoms with E-state index in [4.69, 9.17) is 4.98 Å². The Morgan fingerprint density at radius 2 is 2.03 bits per heavy atom. The smallest absolute Gasteiger partial charge is 0.267 e. The number of rotatable bonds is 6. The summed E-state index contributed by atoms with van der Waals surface area (Å²) in [7, 11) is 0. The highest BCUT2D eigenvalue weighted by Crippen LogP contribution is 2.35. The largest absolute Gasteiger partial charge is 0.272 e. The average molecular weight is 476 g/mol. The van der Waals surface area contributed by atoms with Gasteiger partial charge in [0.25, 0.3) is 11.5 Å². The number of thiophene rings is 1. The fourth-order valence-electron chi connectivity index (χ4n) is 3.88. The van der Waals surface area contributed by atoms with Gasteiger partial charge in [-0.15, -0.1) is 11.3 Å². The normalized spacial score (nSPS) is 13.3. The summed E-state index contributed by atoms with van der Waals surface area (Å²) in [6.07, 6.45) is 9.03. The average Bonchev–Trinajstić information content (AvgIpc) is 3.23. The standard InChI is InChI=1S/C24H21N5O2S2/c30-20(28-26-14-16-7-6-12-25-13-16)15-32-24-27-22-21(18-10-4-5-11-19(18)33-22)23(31)29(24)17-8-2-1-3-9-17/h1-3,6-9,12-14H,4-5,10-11,15H2,(H,28,30). The Morgan fingerprint density at radius 1 is 1.18 bits per heavy atom. The van der Waals surface area contributed by atoms with Crippen molar-refractivity contribution in [2.24, 2.45) is 5.10 Å². The SMILES string of the molecule is O=C(CSc1nc2sc3c(c2c(=O)n1-c1ccccc1)CCCC3)NN=Cc1cccnc1. The molecule has 0 saturated carbocycles. The van der Waals surface area contributed by atoms with Crippen molar-refractivity contribution in [3.8, 4) is 5.69 Å². The highest BCUT2D eigenvalue weighted by Gasteiger charge is 2.23. The van der Waals surface area contributed by atoms with Crippen molar-refractivity contribution in [2.45, 2.75) is 30.8 Å². The van der Waals surface area contributed by atoms with Crippen molar-refractivity contribution in [1.82, 2.24) is 20.0 Å².